The predicted molar refractivity (Wildman–Crippen MR) is 64.1 cm³/mol. The van der Waals surface area contributed by atoms with E-state index in [9.17, 15) is 4.79 Å². The number of piperidine rings is 1. The highest BCUT2D eigenvalue weighted by atomic mass is 32.1. The Bertz CT molecular complexity index is 378. The Labute approximate surface area is 98.9 Å². The molecule has 5 heteroatoms. The third-order valence-electron chi connectivity index (χ3n) is 2.94. The molecular formula is C11H16N2O2S. The van der Waals surface area contributed by atoms with Gasteiger partial charge in [-0.15, -0.1) is 11.3 Å². The number of aryl methyl sites for hydroxylation is 1. The van der Waals surface area contributed by atoms with Crippen molar-refractivity contribution in [1.82, 2.24) is 4.98 Å². The van der Waals surface area contributed by atoms with Crippen LogP contribution in [0.5, 0.6) is 0 Å². The normalized spacial score (nSPS) is 21.1. The minimum Gasteiger partial charge on any atom is -0.480 e. The Kier molecular flexibility index (Phi) is 3.43. The van der Waals surface area contributed by atoms with E-state index in [1.54, 1.807) is 11.3 Å². The van der Waals surface area contributed by atoms with Crippen molar-refractivity contribution >= 4 is 22.4 Å². The first-order valence-electron chi connectivity index (χ1n) is 5.66. The van der Waals surface area contributed by atoms with Crippen LogP contribution >= 0.6 is 11.3 Å². The zero-order valence-corrected chi connectivity index (χ0v) is 10.2. The number of aromatic nitrogens is 1. The molecule has 1 fully saturated rings. The number of carboxylic acids is 1. The molecule has 2 rings (SSSR count). The molecule has 0 aliphatic carbocycles. The molecule has 0 radical (unpaired) electrons. The highest BCUT2D eigenvalue weighted by Gasteiger charge is 2.30. The second-order valence-corrected chi connectivity index (χ2v) is 4.85. The number of hydrogen-bond donors (Lipinski definition) is 1. The number of hydrogen-bond acceptors (Lipinski definition) is 4. The molecule has 1 atom stereocenters. The lowest BCUT2D eigenvalue weighted by Gasteiger charge is -2.32. The maximum Gasteiger partial charge on any atom is 0.326 e. The summed E-state index contributed by atoms with van der Waals surface area (Å²) in [4.78, 5) is 17.6. The fraction of sp³-hybridized carbons (Fsp3) is 0.636. The predicted octanol–water partition coefficient (Wildman–Crippen LogP) is 2.15. The van der Waals surface area contributed by atoms with E-state index in [4.69, 9.17) is 5.11 Å². The summed E-state index contributed by atoms with van der Waals surface area (Å²) in [5, 5.41) is 12.1. The first-order valence-corrected chi connectivity index (χ1v) is 6.54. The van der Waals surface area contributed by atoms with Gasteiger partial charge in [0.25, 0.3) is 0 Å². The summed E-state index contributed by atoms with van der Waals surface area (Å²) in [6.07, 6.45) is 3.70. The molecule has 0 aromatic carbocycles. The van der Waals surface area contributed by atoms with Crippen LogP contribution in [0.15, 0.2) is 5.38 Å². The molecule has 0 saturated carbocycles. The molecule has 1 N–H and O–H groups in total. The van der Waals surface area contributed by atoms with Crippen LogP contribution < -0.4 is 4.90 Å². The van der Waals surface area contributed by atoms with Gasteiger partial charge < -0.3 is 10.0 Å². The van der Waals surface area contributed by atoms with E-state index < -0.39 is 5.97 Å². The second kappa shape index (κ2) is 4.82. The highest BCUT2D eigenvalue weighted by Crippen LogP contribution is 2.28. The van der Waals surface area contributed by atoms with Crippen molar-refractivity contribution in [1.29, 1.82) is 0 Å². The molecule has 0 spiro atoms. The van der Waals surface area contributed by atoms with Gasteiger partial charge in [-0.3, -0.25) is 0 Å². The fourth-order valence-electron chi connectivity index (χ4n) is 2.01. The minimum absolute atomic E-state index is 0.385. The summed E-state index contributed by atoms with van der Waals surface area (Å²) in [6, 6.07) is -0.385. The topological polar surface area (TPSA) is 53.4 Å². The van der Waals surface area contributed by atoms with Crippen molar-refractivity contribution in [3.8, 4) is 0 Å². The van der Waals surface area contributed by atoms with E-state index in [1.165, 1.54) is 0 Å². The van der Waals surface area contributed by atoms with Gasteiger partial charge in [-0.25, -0.2) is 9.78 Å². The van der Waals surface area contributed by atoms with Crippen LogP contribution in [-0.2, 0) is 11.2 Å². The molecule has 1 aliphatic rings. The number of thiazole rings is 1. The van der Waals surface area contributed by atoms with Crippen LogP contribution in [0.4, 0.5) is 5.13 Å². The number of rotatable bonds is 3. The van der Waals surface area contributed by atoms with Crippen LogP contribution in [-0.4, -0.2) is 28.6 Å². The van der Waals surface area contributed by atoms with Gasteiger partial charge >= 0.3 is 5.97 Å². The lowest BCUT2D eigenvalue weighted by Crippen LogP contribution is -2.44. The molecule has 4 nitrogen and oxygen atoms in total. The average molecular weight is 240 g/mol. The van der Waals surface area contributed by atoms with Crippen LogP contribution in [0.1, 0.15) is 31.9 Å². The summed E-state index contributed by atoms with van der Waals surface area (Å²) < 4.78 is 0. The molecule has 1 aromatic rings. The van der Waals surface area contributed by atoms with Crippen molar-refractivity contribution in [2.45, 2.75) is 38.6 Å². The van der Waals surface area contributed by atoms with E-state index in [1.807, 2.05) is 10.3 Å². The third kappa shape index (κ3) is 2.19. The maximum absolute atomic E-state index is 11.1. The molecule has 2 heterocycles. The number of nitrogens with zero attached hydrogens (tertiary/aromatic N) is 2. The molecule has 1 saturated heterocycles. The largest absolute Gasteiger partial charge is 0.480 e. The lowest BCUT2D eigenvalue weighted by atomic mass is 10.0. The summed E-state index contributed by atoms with van der Waals surface area (Å²) >= 11 is 1.55. The van der Waals surface area contributed by atoms with Crippen molar-refractivity contribution < 1.29 is 9.90 Å². The van der Waals surface area contributed by atoms with Gasteiger partial charge in [0.05, 0.1) is 5.69 Å². The number of anilines is 1. The molecule has 0 amide bonds. The first-order chi connectivity index (χ1) is 7.72. The minimum atomic E-state index is -0.729. The number of carboxylic acid groups (broad SMARTS) is 1. The molecule has 1 aliphatic heterocycles. The van der Waals surface area contributed by atoms with Gasteiger partial charge in [0.15, 0.2) is 5.13 Å². The maximum atomic E-state index is 11.1. The van der Waals surface area contributed by atoms with E-state index in [2.05, 4.69) is 11.9 Å². The monoisotopic (exact) mass is 240 g/mol. The third-order valence-corrected chi connectivity index (χ3v) is 3.86. The summed E-state index contributed by atoms with van der Waals surface area (Å²) in [5.74, 6) is -0.729. The Hall–Kier alpha value is -1.10. The van der Waals surface area contributed by atoms with E-state index >= 15 is 0 Å². The quantitative estimate of drug-likeness (QED) is 0.879. The number of carbonyl (C=O) groups is 1. The summed E-state index contributed by atoms with van der Waals surface area (Å²) in [5.41, 5.74) is 1.05. The van der Waals surface area contributed by atoms with E-state index in [0.29, 0.717) is 0 Å². The van der Waals surface area contributed by atoms with Crippen LogP contribution in [0.2, 0.25) is 0 Å². The van der Waals surface area contributed by atoms with Crippen molar-refractivity contribution in [3.63, 3.8) is 0 Å². The highest BCUT2D eigenvalue weighted by molar-refractivity contribution is 7.13. The second-order valence-electron chi connectivity index (χ2n) is 4.02. The fourth-order valence-corrected chi connectivity index (χ4v) is 2.99. The van der Waals surface area contributed by atoms with Crippen molar-refractivity contribution in [3.05, 3.63) is 11.1 Å². The van der Waals surface area contributed by atoms with E-state index in [0.717, 1.165) is 43.1 Å². The summed E-state index contributed by atoms with van der Waals surface area (Å²) in [7, 11) is 0. The Balaban J connectivity index is 2.19. The standard InChI is InChI=1S/C11H16N2O2S/c1-2-8-7-16-11(12-8)13-6-4-3-5-9(13)10(14)15/h7,9H,2-6H2,1H3,(H,14,15). The van der Waals surface area contributed by atoms with Gasteiger partial charge in [0.1, 0.15) is 6.04 Å². The first kappa shape index (κ1) is 11.4. The number of aliphatic carboxylic acids is 1. The Morgan fingerprint density at radius 3 is 3.12 bits per heavy atom. The Morgan fingerprint density at radius 2 is 2.50 bits per heavy atom. The van der Waals surface area contributed by atoms with Crippen LogP contribution in [0.25, 0.3) is 0 Å². The van der Waals surface area contributed by atoms with Crippen LogP contribution in [0, 0.1) is 0 Å². The van der Waals surface area contributed by atoms with Gasteiger partial charge in [-0.2, -0.15) is 0 Å². The zero-order valence-electron chi connectivity index (χ0n) is 9.35. The van der Waals surface area contributed by atoms with E-state index in [-0.39, 0.29) is 6.04 Å². The smallest absolute Gasteiger partial charge is 0.326 e. The van der Waals surface area contributed by atoms with Gasteiger partial charge in [-0.05, 0) is 25.7 Å². The van der Waals surface area contributed by atoms with Crippen molar-refractivity contribution in [2.75, 3.05) is 11.4 Å². The molecule has 1 aromatic heterocycles. The zero-order chi connectivity index (χ0) is 11.5. The molecule has 16 heavy (non-hydrogen) atoms. The van der Waals surface area contributed by atoms with Crippen molar-refractivity contribution in [2.24, 2.45) is 0 Å². The van der Waals surface area contributed by atoms with Gasteiger partial charge in [0, 0.05) is 11.9 Å². The molecule has 88 valence electrons. The average Bonchev–Trinajstić information content (AvgIpc) is 2.77. The Morgan fingerprint density at radius 1 is 1.69 bits per heavy atom. The molecular weight excluding hydrogens is 224 g/mol. The molecule has 1 unspecified atom stereocenters. The SMILES string of the molecule is CCc1csc(N2CCCCC2C(=O)O)n1. The van der Waals surface area contributed by atoms with Gasteiger partial charge in [0.2, 0.25) is 0 Å². The van der Waals surface area contributed by atoms with Crippen LogP contribution in [0.3, 0.4) is 0 Å². The molecule has 0 bridgehead atoms. The van der Waals surface area contributed by atoms with Gasteiger partial charge in [-0.1, -0.05) is 6.92 Å². The lowest BCUT2D eigenvalue weighted by molar-refractivity contribution is -0.139. The summed E-state index contributed by atoms with van der Waals surface area (Å²) in [6.45, 7) is 2.87.